The molecule has 2 aromatic carbocycles. The zero-order chi connectivity index (χ0) is 19.7. The van der Waals surface area contributed by atoms with Gasteiger partial charge in [0.2, 0.25) is 0 Å². The summed E-state index contributed by atoms with van der Waals surface area (Å²) in [4.78, 5) is 13.0. The normalized spacial score (nSPS) is 14.8. The Morgan fingerprint density at radius 1 is 1.11 bits per heavy atom. The fraction of sp³-hybridized carbons (Fsp3) is 0.348. The molecular weight excluding hydrogens is 366 g/mol. The first-order chi connectivity index (χ1) is 13.5. The van der Waals surface area contributed by atoms with E-state index in [1.54, 1.807) is 0 Å². The van der Waals surface area contributed by atoms with Gasteiger partial charge < -0.3 is 4.57 Å². The first-order valence-electron chi connectivity index (χ1n) is 9.78. The Bertz CT molecular complexity index is 992. The van der Waals surface area contributed by atoms with Crippen LogP contribution in [0.2, 0.25) is 0 Å². The van der Waals surface area contributed by atoms with Crippen LogP contribution < -0.4 is 0 Å². The Balaban J connectivity index is 1.56. The van der Waals surface area contributed by atoms with Crippen molar-refractivity contribution in [3.8, 4) is 0 Å². The van der Waals surface area contributed by atoms with Crippen LogP contribution in [0.25, 0.3) is 0 Å². The van der Waals surface area contributed by atoms with Crippen LogP contribution >= 0.6 is 11.8 Å². The van der Waals surface area contributed by atoms with Gasteiger partial charge in [-0.3, -0.25) is 4.79 Å². The fourth-order valence-electron chi connectivity index (χ4n) is 3.29. The molecule has 5 heteroatoms. The van der Waals surface area contributed by atoms with E-state index in [2.05, 4.69) is 46.0 Å². The molecule has 0 bridgehead atoms. The van der Waals surface area contributed by atoms with E-state index in [0.29, 0.717) is 5.92 Å². The number of thioether (sulfide) groups is 1. The molecule has 1 aliphatic carbocycles. The third-order valence-electron chi connectivity index (χ3n) is 5.31. The average Bonchev–Trinajstić information content (AvgIpc) is 3.47. The molecule has 0 aliphatic heterocycles. The number of carbonyl (C=O) groups excluding carboxylic acids is 1. The second kappa shape index (κ2) is 7.92. The first-order valence-corrected chi connectivity index (χ1v) is 10.7. The highest BCUT2D eigenvalue weighted by atomic mass is 32.2. The molecule has 0 saturated heterocycles. The Morgan fingerprint density at radius 3 is 2.54 bits per heavy atom. The summed E-state index contributed by atoms with van der Waals surface area (Å²) >= 11 is 1.51. The van der Waals surface area contributed by atoms with Gasteiger partial charge in [0.25, 0.3) is 0 Å². The average molecular weight is 392 g/mol. The summed E-state index contributed by atoms with van der Waals surface area (Å²) < 4.78 is 2.20. The Hall–Kier alpha value is -2.40. The van der Waals surface area contributed by atoms with E-state index in [4.69, 9.17) is 0 Å². The van der Waals surface area contributed by atoms with Crippen LogP contribution in [-0.4, -0.2) is 25.8 Å². The first kappa shape index (κ1) is 18.9. The van der Waals surface area contributed by atoms with Crippen LogP contribution in [0.15, 0.2) is 53.7 Å². The number of Topliss-reactive ketones (excluding diaryl/α,β-unsaturated/α-hetero) is 1. The van der Waals surface area contributed by atoms with E-state index in [9.17, 15) is 4.79 Å². The molecule has 0 N–H and O–H groups in total. The summed E-state index contributed by atoms with van der Waals surface area (Å²) in [5.41, 5.74) is 4.33. The zero-order valence-electron chi connectivity index (χ0n) is 16.6. The summed E-state index contributed by atoms with van der Waals surface area (Å²) in [5, 5.41) is 9.53. The number of hydrogen-bond donors (Lipinski definition) is 0. The van der Waals surface area contributed by atoms with E-state index in [0.717, 1.165) is 28.7 Å². The molecular formula is C23H25N3OS. The minimum Gasteiger partial charge on any atom is -0.301 e. The summed E-state index contributed by atoms with van der Waals surface area (Å²) in [7, 11) is 0. The van der Waals surface area contributed by atoms with Gasteiger partial charge in [0.1, 0.15) is 5.82 Å². The van der Waals surface area contributed by atoms with E-state index in [1.165, 1.54) is 35.7 Å². The number of nitrogens with zero attached hydrogens (tertiary/aromatic N) is 3. The lowest BCUT2D eigenvalue weighted by Gasteiger charge is -2.14. The Kier molecular flexibility index (Phi) is 5.36. The number of aryl methyl sites for hydroxylation is 2. The number of aromatic nitrogens is 3. The number of benzene rings is 2. The van der Waals surface area contributed by atoms with Crippen molar-refractivity contribution < 1.29 is 4.79 Å². The van der Waals surface area contributed by atoms with E-state index in [-0.39, 0.29) is 11.0 Å². The molecule has 4 rings (SSSR count). The predicted molar refractivity (Wildman–Crippen MR) is 113 cm³/mol. The van der Waals surface area contributed by atoms with Crippen molar-refractivity contribution in [1.82, 2.24) is 14.8 Å². The quantitative estimate of drug-likeness (QED) is 0.411. The van der Waals surface area contributed by atoms with Crippen LogP contribution in [0.1, 0.15) is 58.6 Å². The largest absolute Gasteiger partial charge is 0.301 e. The molecule has 0 amide bonds. The van der Waals surface area contributed by atoms with E-state index >= 15 is 0 Å². The lowest BCUT2D eigenvalue weighted by Crippen LogP contribution is -2.15. The van der Waals surface area contributed by atoms with Crippen molar-refractivity contribution in [3.05, 3.63) is 76.6 Å². The van der Waals surface area contributed by atoms with Crippen molar-refractivity contribution in [2.75, 3.05) is 0 Å². The van der Waals surface area contributed by atoms with Crippen LogP contribution in [0, 0.1) is 13.8 Å². The minimum atomic E-state index is -0.215. The van der Waals surface area contributed by atoms with Crippen molar-refractivity contribution in [1.29, 1.82) is 0 Å². The smallest absolute Gasteiger partial charge is 0.192 e. The van der Waals surface area contributed by atoms with Crippen LogP contribution in [-0.2, 0) is 6.54 Å². The predicted octanol–water partition coefficient (Wildman–Crippen LogP) is 5.18. The summed E-state index contributed by atoms with van der Waals surface area (Å²) in [6.07, 6.45) is 2.35. The monoisotopic (exact) mass is 391 g/mol. The van der Waals surface area contributed by atoms with Gasteiger partial charge in [-0.25, -0.2) is 0 Å². The van der Waals surface area contributed by atoms with E-state index in [1.807, 2.05) is 38.1 Å². The number of rotatable bonds is 7. The van der Waals surface area contributed by atoms with Gasteiger partial charge in [-0.2, -0.15) is 0 Å². The van der Waals surface area contributed by atoms with E-state index < -0.39 is 0 Å². The summed E-state index contributed by atoms with van der Waals surface area (Å²) in [6.45, 7) is 6.81. The third kappa shape index (κ3) is 4.04. The molecule has 0 unspecified atom stereocenters. The standard InChI is InChI=1S/C23H25N3OS/c1-15-9-10-20(13-16(15)2)21(27)17(3)28-23-25-24-22(19-11-12-19)26(23)14-18-7-5-4-6-8-18/h4-10,13,17,19H,11-12,14H2,1-3H3/t17-/m0/s1. The number of ketones is 1. The molecule has 1 saturated carbocycles. The highest BCUT2D eigenvalue weighted by Gasteiger charge is 2.31. The Morgan fingerprint density at radius 2 is 1.86 bits per heavy atom. The van der Waals surface area contributed by atoms with Gasteiger partial charge in [0.05, 0.1) is 11.8 Å². The highest BCUT2D eigenvalue weighted by Crippen LogP contribution is 2.40. The molecule has 1 fully saturated rings. The molecule has 3 aromatic rings. The highest BCUT2D eigenvalue weighted by molar-refractivity contribution is 8.00. The second-order valence-corrected chi connectivity index (χ2v) is 8.92. The molecule has 1 aliphatic rings. The Labute approximate surface area is 170 Å². The maximum absolute atomic E-state index is 13.0. The molecule has 1 atom stereocenters. The summed E-state index contributed by atoms with van der Waals surface area (Å²) in [6, 6.07) is 16.3. The van der Waals surface area contributed by atoms with Crippen LogP contribution in [0.3, 0.4) is 0 Å². The van der Waals surface area contributed by atoms with Gasteiger partial charge in [-0.15, -0.1) is 10.2 Å². The third-order valence-corrected chi connectivity index (χ3v) is 6.39. The van der Waals surface area contributed by atoms with Crippen molar-refractivity contribution >= 4 is 17.5 Å². The molecule has 28 heavy (non-hydrogen) atoms. The number of carbonyl (C=O) groups is 1. The van der Waals surface area contributed by atoms with Gasteiger partial charge >= 0.3 is 0 Å². The van der Waals surface area contributed by atoms with Gasteiger partial charge in [0, 0.05) is 11.5 Å². The molecule has 1 aromatic heterocycles. The second-order valence-electron chi connectivity index (χ2n) is 7.61. The SMILES string of the molecule is Cc1ccc(C(=O)[C@H](C)Sc2nnc(C3CC3)n2Cc2ccccc2)cc1C. The number of hydrogen-bond acceptors (Lipinski definition) is 4. The summed E-state index contributed by atoms with van der Waals surface area (Å²) in [5.74, 6) is 1.70. The molecule has 4 nitrogen and oxygen atoms in total. The molecule has 1 heterocycles. The lowest BCUT2D eigenvalue weighted by atomic mass is 10.0. The fourth-order valence-corrected chi connectivity index (χ4v) is 4.22. The zero-order valence-corrected chi connectivity index (χ0v) is 17.4. The molecule has 0 radical (unpaired) electrons. The topological polar surface area (TPSA) is 47.8 Å². The molecule has 0 spiro atoms. The van der Waals surface area contributed by atoms with Crippen molar-refractivity contribution in [3.63, 3.8) is 0 Å². The van der Waals surface area contributed by atoms with Crippen LogP contribution in [0.4, 0.5) is 0 Å². The minimum absolute atomic E-state index is 0.135. The van der Waals surface area contributed by atoms with Crippen LogP contribution in [0.5, 0.6) is 0 Å². The maximum Gasteiger partial charge on any atom is 0.192 e. The molecule has 144 valence electrons. The van der Waals surface area contributed by atoms with Crippen molar-refractivity contribution in [2.24, 2.45) is 0 Å². The van der Waals surface area contributed by atoms with Gasteiger partial charge in [-0.1, -0.05) is 54.2 Å². The van der Waals surface area contributed by atoms with Gasteiger partial charge in [0.15, 0.2) is 10.9 Å². The maximum atomic E-state index is 13.0. The van der Waals surface area contributed by atoms with Crippen molar-refractivity contribution in [2.45, 2.75) is 56.5 Å². The lowest BCUT2D eigenvalue weighted by molar-refractivity contribution is 0.0993. The van der Waals surface area contributed by atoms with Gasteiger partial charge in [-0.05, 0) is 56.4 Å².